The largest absolute Gasteiger partial charge is 0.460 e. The van der Waals surface area contributed by atoms with Crippen LogP contribution in [0.3, 0.4) is 0 Å². The van der Waals surface area contributed by atoms with Gasteiger partial charge in [0.15, 0.2) is 0 Å². The Kier molecular flexibility index (Phi) is 7.62. The summed E-state index contributed by atoms with van der Waals surface area (Å²) in [6.07, 6.45) is 0.151. The summed E-state index contributed by atoms with van der Waals surface area (Å²) in [6, 6.07) is 21.7. The van der Waals surface area contributed by atoms with E-state index in [1.807, 2.05) is 36.4 Å². The Morgan fingerprint density at radius 1 is 0.969 bits per heavy atom. The molecule has 5 nitrogen and oxygen atoms in total. The van der Waals surface area contributed by atoms with Gasteiger partial charge in [0, 0.05) is 10.0 Å². The van der Waals surface area contributed by atoms with Gasteiger partial charge in [0.2, 0.25) is 0 Å². The van der Waals surface area contributed by atoms with Crippen molar-refractivity contribution in [2.45, 2.75) is 24.6 Å². The van der Waals surface area contributed by atoms with Crippen molar-refractivity contribution in [3.05, 3.63) is 106 Å². The molecule has 3 rings (SSSR count). The number of carbonyl (C=O) groups excluding carboxylic acids is 1. The number of benzene rings is 3. The number of hydrogen-bond donors (Lipinski definition) is 2. The molecule has 32 heavy (non-hydrogen) atoms. The summed E-state index contributed by atoms with van der Waals surface area (Å²) in [5, 5.41) is 0. The fourth-order valence-corrected chi connectivity index (χ4v) is 4.51. The fraction of sp³-hybridized carbons (Fsp3) is 0.174. The minimum atomic E-state index is -5.70. The lowest BCUT2D eigenvalue weighted by atomic mass is 9.91. The molecule has 1 atom stereocenters. The number of halogens is 3. The van der Waals surface area contributed by atoms with E-state index in [0.717, 1.165) is 11.6 Å². The molecule has 0 spiro atoms. The molecule has 0 saturated carbocycles. The molecule has 0 fully saturated rings. The Bertz CT molecular complexity index is 1120. The van der Waals surface area contributed by atoms with E-state index in [1.54, 1.807) is 24.3 Å². The third-order valence-corrected chi connectivity index (χ3v) is 6.50. The van der Waals surface area contributed by atoms with Crippen LogP contribution in [0.1, 0.15) is 28.2 Å². The zero-order chi connectivity index (χ0) is 23.4. The lowest BCUT2D eigenvalue weighted by Gasteiger charge is -2.21. The highest BCUT2D eigenvalue weighted by atomic mass is 79.9. The van der Waals surface area contributed by atoms with Crippen molar-refractivity contribution >= 4 is 29.5 Å². The van der Waals surface area contributed by atoms with Gasteiger partial charge >= 0.3 is 19.2 Å². The van der Waals surface area contributed by atoms with Crippen molar-refractivity contribution in [2.24, 2.45) is 0 Å². The van der Waals surface area contributed by atoms with Crippen molar-refractivity contribution in [2.75, 3.05) is 0 Å². The second kappa shape index (κ2) is 10.0. The minimum absolute atomic E-state index is 0.0974. The monoisotopic (exact) mass is 524 g/mol. The molecule has 0 aliphatic rings. The molecular formula is C23H20BrF2O5P. The Labute approximate surface area is 192 Å². The Morgan fingerprint density at radius 3 is 2.12 bits per heavy atom. The smallest absolute Gasteiger partial charge is 0.399 e. The summed E-state index contributed by atoms with van der Waals surface area (Å²) in [6.45, 7) is 0.0974. The maximum Gasteiger partial charge on any atom is 0.399 e. The third-order valence-electron chi connectivity index (χ3n) is 4.87. The second-order valence-electron chi connectivity index (χ2n) is 7.16. The molecule has 0 aliphatic carbocycles. The average molecular weight is 525 g/mol. The van der Waals surface area contributed by atoms with Gasteiger partial charge in [-0.15, -0.1) is 0 Å². The molecule has 9 heteroatoms. The summed E-state index contributed by atoms with van der Waals surface area (Å²) >= 11 is 2.98. The fourth-order valence-electron chi connectivity index (χ4n) is 3.17. The first-order valence-electron chi connectivity index (χ1n) is 9.57. The van der Waals surface area contributed by atoms with Crippen LogP contribution in [-0.2, 0) is 32.8 Å². The summed E-state index contributed by atoms with van der Waals surface area (Å²) < 4.78 is 44.7. The van der Waals surface area contributed by atoms with Crippen LogP contribution in [0.2, 0.25) is 0 Å². The van der Waals surface area contributed by atoms with Crippen LogP contribution in [0.5, 0.6) is 0 Å². The van der Waals surface area contributed by atoms with Gasteiger partial charge in [0.05, 0.1) is 5.92 Å². The average Bonchev–Trinajstić information content (AvgIpc) is 2.76. The molecular weight excluding hydrogens is 505 g/mol. The van der Waals surface area contributed by atoms with Crippen LogP contribution in [0.15, 0.2) is 83.3 Å². The molecule has 0 amide bonds. The zero-order valence-corrected chi connectivity index (χ0v) is 19.2. The number of ether oxygens (including phenoxy) is 1. The van der Waals surface area contributed by atoms with Crippen LogP contribution >= 0.6 is 23.5 Å². The molecule has 2 N–H and O–H groups in total. The molecule has 0 saturated heterocycles. The van der Waals surface area contributed by atoms with Crippen LogP contribution in [0, 0.1) is 0 Å². The first-order chi connectivity index (χ1) is 15.1. The Morgan fingerprint density at radius 2 is 1.56 bits per heavy atom. The van der Waals surface area contributed by atoms with E-state index in [0.29, 0.717) is 11.1 Å². The minimum Gasteiger partial charge on any atom is -0.460 e. The van der Waals surface area contributed by atoms with Crippen LogP contribution < -0.4 is 0 Å². The quantitative estimate of drug-likeness (QED) is 0.289. The van der Waals surface area contributed by atoms with Crippen LogP contribution in [-0.4, -0.2) is 15.8 Å². The van der Waals surface area contributed by atoms with E-state index in [9.17, 15) is 18.1 Å². The molecule has 1 unspecified atom stereocenters. The SMILES string of the molecule is O=C(OCc1ccccc1)C(Cc1ccc(C(F)(F)P(=O)(O)O)c(Br)c1)c1ccccc1. The van der Waals surface area contributed by atoms with Gasteiger partial charge in [-0.3, -0.25) is 9.36 Å². The highest BCUT2D eigenvalue weighted by molar-refractivity contribution is 9.10. The van der Waals surface area contributed by atoms with Crippen LogP contribution in [0.4, 0.5) is 8.78 Å². The van der Waals surface area contributed by atoms with E-state index >= 15 is 0 Å². The van der Waals surface area contributed by atoms with Gasteiger partial charge in [-0.05, 0) is 29.2 Å². The van der Waals surface area contributed by atoms with Gasteiger partial charge in [-0.25, -0.2) is 0 Å². The number of alkyl halides is 2. The van der Waals surface area contributed by atoms with Crippen molar-refractivity contribution in [1.29, 1.82) is 0 Å². The summed E-state index contributed by atoms with van der Waals surface area (Å²) in [4.78, 5) is 30.9. The molecule has 0 aliphatic heterocycles. The number of carbonyl (C=O) groups is 1. The molecule has 3 aromatic carbocycles. The highest BCUT2D eigenvalue weighted by Crippen LogP contribution is 2.60. The lowest BCUT2D eigenvalue weighted by Crippen LogP contribution is -2.19. The van der Waals surface area contributed by atoms with Gasteiger partial charge in [0.1, 0.15) is 6.61 Å². The maximum atomic E-state index is 14.1. The molecule has 0 radical (unpaired) electrons. The molecule has 0 bridgehead atoms. The number of hydrogen-bond acceptors (Lipinski definition) is 3. The summed E-state index contributed by atoms with van der Waals surface area (Å²) in [7, 11) is -5.70. The van der Waals surface area contributed by atoms with Crippen molar-refractivity contribution in [3.8, 4) is 0 Å². The first-order valence-corrected chi connectivity index (χ1v) is 12.0. The normalized spacial score (nSPS) is 12.9. The first kappa shape index (κ1) is 24.3. The third kappa shape index (κ3) is 5.70. The molecule has 0 heterocycles. The maximum absolute atomic E-state index is 14.1. The van der Waals surface area contributed by atoms with Crippen molar-refractivity contribution < 1.29 is 32.7 Å². The van der Waals surface area contributed by atoms with Gasteiger partial charge in [0.25, 0.3) is 0 Å². The Balaban J connectivity index is 1.84. The summed E-state index contributed by atoms with van der Waals surface area (Å²) in [5.74, 6) is -1.17. The van der Waals surface area contributed by atoms with E-state index in [1.165, 1.54) is 12.1 Å². The van der Waals surface area contributed by atoms with Crippen molar-refractivity contribution in [3.63, 3.8) is 0 Å². The molecule has 168 valence electrons. The van der Waals surface area contributed by atoms with E-state index in [-0.39, 0.29) is 17.5 Å². The van der Waals surface area contributed by atoms with Gasteiger partial charge < -0.3 is 14.5 Å². The lowest BCUT2D eigenvalue weighted by molar-refractivity contribution is -0.146. The predicted molar refractivity (Wildman–Crippen MR) is 119 cm³/mol. The second-order valence-corrected chi connectivity index (χ2v) is 9.66. The van der Waals surface area contributed by atoms with Crippen LogP contribution in [0.25, 0.3) is 0 Å². The van der Waals surface area contributed by atoms with E-state index < -0.39 is 30.7 Å². The summed E-state index contributed by atoms with van der Waals surface area (Å²) in [5.41, 5.74) is -3.10. The zero-order valence-electron chi connectivity index (χ0n) is 16.7. The van der Waals surface area contributed by atoms with Crippen molar-refractivity contribution in [1.82, 2.24) is 0 Å². The molecule has 0 aromatic heterocycles. The number of rotatable bonds is 8. The number of esters is 1. The van der Waals surface area contributed by atoms with E-state index in [2.05, 4.69) is 15.9 Å². The standard InChI is InChI=1S/C23H20BrF2O5P/c24-21-14-17(11-12-20(21)23(25,26)32(28,29)30)13-19(18-9-5-2-6-10-18)22(27)31-15-16-7-3-1-4-8-16/h1-12,14,19H,13,15H2,(H2,28,29,30). The highest BCUT2D eigenvalue weighted by Gasteiger charge is 2.51. The predicted octanol–water partition coefficient (Wildman–Crippen LogP) is 5.75. The van der Waals surface area contributed by atoms with Gasteiger partial charge in [-0.2, -0.15) is 8.78 Å². The molecule has 3 aromatic rings. The topological polar surface area (TPSA) is 83.8 Å². The Hall–Kier alpha value is -2.38. The van der Waals surface area contributed by atoms with Gasteiger partial charge in [-0.1, -0.05) is 88.7 Å². The van der Waals surface area contributed by atoms with E-state index in [4.69, 9.17) is 14.5 Å².